The third kappa shape index (κ3) is 2.84. The van der Waals surface area contributed by atoms with Crippen molar-refractivity contribution >= 4 is 11.9 Å². The molecule has 0 spiro atoms. The van der Waals surface area contributed by atoms with Gasteiger partial charge >= 0.3 is 5.97 Å². The maximum Gasteiger partial charge on any atom is 0.317 e. The first kappa shape index (κ1) is 16.0. The first-order valence-corrected chi connectivity index (χ1v) is 7.97. The number of benzene rings is 1. The van der Waals surface area contributed by atoms with E-state index in [-0.39, 0.29) is 17.8 Å². The topological polar surface area (TPSA) is 89.3 Å². The van der Waals surface area contributed by atoms with E-state index in [0.29, 0.717) is 12.6 Å². The number of phenolic OH excluding ortho intramolecular Hbond substituents is 1. The molecule has 0 amide bonds. The number of carbonyl (C=O) groups excluding carboxylic acids is 1. The number of anilines is 1. The van der Waals surface area contributed by atoms with Crippen LogP contribution in [-0.4, -0.2) is 32.4 Å². The number of nitrogens with zero attached hydrogens (tertiary/aromatic N) is 3. The molecule has 7 heteroatoms. The van der Waals surface area contributed by atoms with E-state index < -0.39 is 5.92 Å². The van der Waals surface area contributed by atoms with Crippen LogP contribution in [0.1, 0.15) is 31.9 Å². The van der Waals surface area contributed by atoms with Gasteiger partial charge in [-0.15, -0.1) is 0 Å². The molecule has 2 N–H and O–H groups in total. The van der Waals surface area contributed by atoms with E-state index in [1.165, 1.54) is 6.33 Å². The Balaban J connectivity index is 2.13. The summed E-state index contributed by atoms with van der Waals surface area (Å²) in [7, 11) is 0. The summed E-state index contributed by atoms with van der Waals surface area (Å²) in [6.07, 6.45) is 4.19. The molecule has 0 unspecified atom stereocenters. The molecule has 1 aliphatic heterocycles. The molecule has 1 aromatic carbocycles. The predicted octanol–water partition coefficient (Wildman–Crippen LogP) is 2.47. The molecular weight excluding hydrogens is 308 g/mol. The Morgan fingerprint density at radius 1 is 1.38 bits per heavy atom. The van der Waals surface area contributed by atoms with Gasteiger partial charge in [0.2, 0.25) is 5.95 Å². The number of esters is 1. The van der Waals surface area contributed by atoms with Gasteiger partial charge in [-0.3, -0.25) is 4.79 Å². The van der Waals surface area contributed by atoms with Crippen molar-refractivity contribution in [3.63, 3.8) is 0 Å². The molecular formula is C17H20N4O3. The van der Waals surface area contributed by atoms with Crippen LogP contribution in [0.3, 0.4) is 0 Å². The van der Waals surface area contributed by atoms with E-state index in [2.05, 4.69) is 15.4 Å². The van der Waals surface area contributed by atoms with E-state index in [0.717, 1.165) is 17.7 Å². The Hall–Kier alpha value is -2.83. The van der Waals surface area contributed by atoms with Crippen molar-refractivity contribution in [3.8, 4) is 5.75 Å². The quantitative estimate of drug-likeness (QED) is 0.838. The van der Waals surface area contributed by atoms with Crippen molar-refractivity contribution in [2.75, 3.05) is 11.9 Å². The maximum atomic E-state index is 12.7. The molecule has 24 heavy (non-hydrogen) atoms. The number of hydrogen-bond acceptors (Lipinski definition) is 6. The normalized spacial score (nSPS) is 21.2. The number of phenols is 1. The number of aromatic hydroxyl groups is 1. The summed E-state index contributed by atoms with van der Waals surface area (Å²) in [5.74, 6) is -0.121. The van der Waals surface area contributed by atoms with E-state index in [1.807, 2.05) is 13.0 Å². The Labute approximate surface area is 140 Å². The van der Waals surface area contributed by atoms with Crippen LogP contribution in [0.2, 0.25) is 0 Å². The van der Waals surface area contributed by atoms with Gasteiger partial charge in [0.25, 0.3) is 0 Å². The molecule has 0 saturated carbocycles. The number of hydrogen-bond donors (Lipinski definition) is 2. The largest absolute Gasteiger partial charge is 0.508 e. The van der Waals surface area contributed by atoms with Crippen molar-refractivity contribution in [3.05, 3.63) is 47.9 Å². The second kappa shape index (κ2) is 6.74. The number of allylic oxidation sites excluding steroid dienone is 1. The minimum absolute atomic E-state index is 0.170. The number of nitrogens with one attached hydrogen (secondary N) is 1. The number of aromatic nitrogens is 3. The fourth-order valence-corrected chi connectivity index (χ4v) is 2.95. The van der Waals surface area contributed by atoms with Crippen molar-refractivity contribution in [2.24, 2.45) is 5.92 Å². The Morgan fingerprint density at radius 3 is 2.79 bits per heavy atom. The fraction of sp³-hybridized carbons (Fsp3) is 0.353. The van der Waals surface area contributed by atoms with Crippen LogP contribution in [0.4, 0.5) is 5.95 Å². The lowest BCUT2D eigenvalue weighted by Gasteiger charge is -2.33. The Kier molecular flexibility index (Phi) is 4.50. The zero-order valence-corrected chi connectivity index (χ0v) is 13.6. The van der Waals surface area contributed by atoms with Gasteiger partial charge in [-0.1, -0.05) is 25.1 Å². The zero-order valence-electron chi connectivity index (χ0n) is 13.6. The molecule has 1 aromatic heterocycles. The van der Waals surface area contributed by atoms with Crippen LogP contribution in [0.25, 0.3) is 0 Å². The number of rotatable bonds is 4. The van der Waals surface area contributed by atoms with Crippen molar-refractivity contribution in [1.82, 2.24) is 14.8 Å². The van der Waals surface area contributed by atoms with Crippen molar-refractivity contribution < 1.29 is 14.6 Å². The lowest BCUT2D eigenvalue weighted by molar-refractivity contribution is -0.147. The van der Waals surface area contributed by atoms with Gasteiger partial charge in [0.15, 0.2) is 0 Å². The zero-order chi connectivity index (χ0) is 17.1. The minimum atomic E-state index is -0.552. The molecule has 0 radical (unpaired) electrons. The van der Waals surface area contributed by atoms with E-state index in [1.54, 1.807) is 35.9 Å². The SMILES string of the molecule is CC/C=C1/Nc2ncnn2[C@H](c2ccc(O)cc2)[C@H]1C(=O)OCC. The molecule has 2 heterocycles. The summed E-state index contributed by atoms with van der Waals surface area (Å²) in [6, 6.07) is 6.37. The highest BCUT2D eigenvalue weighted by Gasteiger charge is 2.41. The summed E-state index contributed by atoms with van der Waals surface area (Å²) < 4.78 is 6.98. The Bertz CT molecular complexity index is 751. The van der Waals surface area contributed by atoms with E-state index >= 15 is 0 Å². The molecule has 2 aromatic rings. The van der Waals surface area contributed by atoms with Crippen LogP contribution in [0.15, 0.2) is 42.4 Å². The third-order valence-corrected chi connectivity index (χ3v) is 3.94. The standard InChI is InChI=1S/C17H20N4O3/c1-3-5-13-14(16(23)24-4-2)15(11-6-8-12(22)9-7-11)21-17(20-13)18-10-19-21/h5-10,14-15,22H,3-4H2,1-2H3,(H,18,19,20)/b13-5+/t14-,15+/m0/s1. The molecule has 0 aliphatic carbocycles. The van der Waals surface area contributed by atoms with Crippen LogP contribution in [0, 0.1) is 5.92 Å². The third-order valence-electron chi connectivity index (χ3n) is 3.94. The van der Waals surface area contributed by atoms with Crippen LogP contribution in [0.5, 0.6) is 5.75 Å². The second-order valence-electron chi connectivity index (χ2n) is 5.49. The van der Waals surface area contributed by atoms with Crippen LogP contribution < -0.4 is 5.32 Å². The number of ether oxygens (including phenoxy) is 1. The molecule has 1 aliphatic rings. The van der Waals surface area contributed by atoms with Gasteiger partial charge in [0, 0.05) is 5.70 Å². The fourth-order valence-electron chi connectivity index (χ4n) is 2.95. The van der Waals surface area contributed by atoms with E-state index in [4.69, 9.17) is 4.74 Å². The molecule has 3 rings (SSSR count). The molecule has 0 fully saturated rings. The van der Waals surface area contributed by atoms with Gasteiger partial charge in [0.1, 0.15) is 18.0 Å². The van der Waals surface area contributed by atoms with Gasteiger partial charge < -0.3 is 15.2 Å². The summed E-state index contributed by atoms with van der Waals surface area (Å²) in [6.45, 7) is 4.10. The average Bonchev–Trinajstić information content (AvgIpc) is 3.03. The minimum Gasteiger partial charge on any atom is -0.508 e. The maximum absolute atomic E-state index is 12.7. The summed E-state index contributed by atoms with van der Waals surface area (Å²) in [4.78, 5) is 16.9. The first-order chi connectivity index (χ1) is 11.7. The summed E-state index contributed by atoms with van der Waals surface area (Å²) >= 11 is 0. The predicted molar refractivity (Wildman–Crippen MR) is 88.4 cm³/mol. The monoisotopic (exact) mass is 328 g/mol. The van der Waals surface area contributed by atoms with Crippen LogP contribution >= 0.6 is 0 Å². The van der Waals surface area contributed by atoms with E-state index in [9.17, 15) is 9.90 Å². The first-order valence-electron chi connectivity index (χ1n) is 7.97. The highest BCUT2D eigenvalue weighted by molar-refractivity contribution is 5.79. The lowest BCUT2D eigenvalue weighted by atomic mass is 9.88. The van der Waals surface area contributed by atoms with Crippen LogP contribution in [-0.2, 0) is 9.53 Å². The van der Waals surface area contributed by atoms with Crippen molar-refractivity contribution in [1.29, 1.82) is 0 Å². The van der Waals surface area contributed by atoms with Gasteiger partial charge in [0.05, 0.1) is 12.6 Å². The summed E-state index contributed by atoms with van der Waals surface area (Å²) in [5.41, 5.74) is 1.61. The number of carbonyl (C=O) groups is 1. The van der Waals surface area contributed by atoms with Crippen molar-refractivity contribution in [2.45, 2.75) is 26.3 Å². The molecule has 7 nitrogen and oxygen atoms in total. The number of fused-ring (bicyclic) bond motifs is 1. The van der Waals surface area contributed by atoms with Gasteiger partial charge in [-0.2, -0.15) is 10.1 Å². The molecule has 0 saturated heterocycles. The average molecular weight is 328 g/mol. The lowest BCUT2D eigenvalue weighted by Crippen LogP contribution is -2.38. The second-order valence-corrected chi connectivity index (χ2v) is 5.49. The molecule has 126 valence electrons. The highest BCUT2D eigenvalue weighted by atomic mass is 16.5. The van der Waals surface area contributed by atoms with Gasteiger partial charge in [-0.05, 0) is 31.0 Å². The smallest absolute Gasteiger partial charge is 0.317 e. The summed E-state index contributed by atoms with van der Waals surface area (Å²) in [5, 5.41) is 17.0. The Morgan fingerprint density at radius 2 is 2.12 bits per heavy atom. The highest BCUT2D eigenvalue weighted by Crippen LogP contribution is 2.38. The molecule has 0 bridgehead atoms. The van der Waals surface area contributed by atoms with Gasteiger partial charge in [-0.25, -0.2) is 4.68 Å². The molecule has 2 atom stereocenters.